The van der Waals surface area contributed by atoms with Crippen LogP contribution < -0.4 is 0 Å². The van der Waals surface area contributed by atoms with Crippen molar-refractivity contribution in [2.75, 3.05) is 13.1 Å². The Bertz CT molecular complexity index is 861. The zero-order valence-electron chi connectivity index (χ0n) is 18.9. The molecule has 2 fully saturated rings. The normalized spacial score (nSPS) is 22.6. The van der Waals surface area contributed by atoms with E-state index < -0.39 is 5.60 Å². The van der Waals surface area contributed by atoms with Crippen molar-refractivity contribution < 1.29 is 14.1 Å². The first-order chi connectivity index (χ1) is 14.9. The highest BCUT2D eigenvalue weighted by Crippen LogP contribution is 2.31. The number of amides is 1. The number of ether oxygens (including phenoxy) is 1. The predicted molar refractivity (Wildman–Crippen MR) is 118 cm³/mol. The van der Waals surface area contributed by atoms with Gasteiger partial charge in [-0.1, -0.05) is 41.9 Å². The van der Waals surface area contributed by atoms with Crippen LogP contribution in [0.4, 0.5) is 4.79 Å². The summed E-state index contributed by atoms with van der Waals surface area (Å²) in [5.74, 6) is 1.37. The van der Waals surface area contributed by atoms with Crippen molar-refractivity contribution in [1.29, 1.82) is 0 Å². The fourth-order valence-corrected chi connectivity index (χ4v) is 4.77. The Labute approximate surface area is 184 Å². The number of nitrogens with zero attached hydrogens (tertiary/aromatic N) is 4. The van der Waals surface area contributed by atoms with Gasteiger partial charge in [0.2, 0.25) is 5.89 Å². The maximum atomic E-state index is 12.8. The lowest BCUT2D eigenvalue weighted by atomic mass is 9.94. The maximum absolute atomic E-state index is 12.8. The molecule has 7 heteroatoms. The summed E-state index contributed by atoms with van der Waals surface area (Å²) >= 11 is 0. The second-order valence-corrected chi connectivity index (χ2v) is 9.68. The number of aromatic nitrogens is 2. The fourth-order valence-electron chi connectivity index (χ4n) is 4.77. The van der Waals surface area contributed by atoms with Crippen molar-refractivity contribution in [2.24, 2.45) is 0 Å². The number of carbonyl (C=O) groups is 1. The molecule has 31 heavy (non-hydrogen) atoms. The van der Waals surface area contributed by atoms with Gasteiger partial charge in [0, 0.05) is 12.6 Å². The van der Waals surface area contributed by atoms with Gasteiger partial charge in [0.1, 0.15) is 5.60 Å². The number of benzene rings is 1. The summed E-state index contributed by atoms with van der Waals surface area (Å²) in [6.45, 7) is 8.19. The molecule has 0 saturated carbocycles. The van der Waals surface area contributed by atoms with Crippen LogP contribution in [-0.2, 0) is 17.7 Å². The van der Waals surface area contributed by atoms with Crippen LogP contribution in [0.15, 0.2) is 34.9 Å². The first-order valence-corrected chi connectivity index (χ1v) is 11.5. The third-order valence-corrected chi connectivity index (χ3v) is 6.09. The van der Waals surface area contributed by atoms with Crippen LogP contribution in [0.1, 0.15) is 70.2 Å². The molecule has 0 bridgehead atoms. The Hall–Kier alpha value is -2.41. The number of piperidine rings is 1. The predicted octanol–water partition coefficient (Wildman–Crippen LogP) is 4.41. The van der Waals surface area contributed by atoms with Gasteiger partial charge in [0.05, 0.1) is 19.0 Å². The average molecular weight is 427 g/mol. The van der Waals surface area contributed by atoms with Gasteiger partial charge < -0.3 is 14.2 Å². The molecule has 3 heterocycles. The molecule has 2 atom stereocenters. The zero-order chi connectivity index (χ0) is 21.8. The average Bonchev–Trinajstić information content (AvgIpc) is 3.38. The number of likely N-dealkylation sites (tertiary alicyclic amines) is 2. The van der Waals surface area contributed by atoms with Gasteiger partial charge in [0.25, 0.3) is 0 Å². The molecule has 2 saturated heterocycles. The van der Waals surface area contributed by atoms with E-state index in [1.807, 2.05) is 43.9 Å². The van der Waals surface area contributed by atoms with Gasteiger partial charge in [0.15, 0.2) is 5.82 Å². The summed E-state index contributed by atoms with van der Waals surface area (Å²) in [6.07, 6.45) is 5.93. The van der Waals surface area contributed by atoms with Gasteiger partial charge in [-0.25, -0.2) is 4.79 Å². The monoisotopic (exact) mass is 426 g/mol. The van der Waals surface area contributed by atoms with Gasteiger partial charge >= 0.3 is 6.09 Å². The van der Waals surface area contributed by atoms with E-state index in [1.54, 1.807) is 0 Å². The fraction of sp³-hybridized carbons (Fsp3) is 0.625. The van der Waals surface area contributed by atoms with E-state index in [-0.39, 0.29) is 12.1 Å². The van der Waals surface area contributed by atoms with E-state index in [0.29, 0.717) is 24.9 Å². The van der Waals surface area contributed by atoms with Crippen LogP contribution >= 0.6 is 0 Å². The number of hydrogen-bond acceptors (Lipinski definition) is 6. The summed E-state index contributed by atoms with van der Waals surface area (Å²) < 4.78 is 11.2. The lowest BCUT2D eigenvalue weighted by molar-refractivity contribution is 0.00600. The highest BCUT2D eigenvalue weighted by atomic mass is 16.6. The lowest BCUT2D eigenvalue weighted by Crippen LogP contribution is -2.53. The number of carbonyl (C=O) groups excluding carboxylic acids is 1. The molecule has 1 aromatic heterocycles. The molecular formula is C24H34N4O3. The van der Waals surface area contributed by atoms with E-state index in [2.05, 4.69) is 27.2 Å². The van der Waals surface area contributed by atoms with E-state index >= 15 is 0 Å². The standard InChI is InChI=1S/C24H34N4O3/c1-24(2,3)30-23(29)28-15-9-13-20(28)19-12-7-8-14-27(19)17-21-25-22(31-26-21)16-18-10-5-4-6-11-18/h4-6,10-11,19-20H,7-9,12-17H2,1-3H3/t19-,20-/m0/s1. The summed E-state index contributed by atoms with van der Waals surface area (Å²) in [5, 5.41) is 4.24. The van der Waals surface area contributed by atoms with Crippen LogP contribution in [0.2, 0.25) is 0 Å². The first-order valence-electron chi connectivity index (χ1n) is 11.5. The van der Waals surface area contributed by atoms with E-state index in [1.165, 1.54) is 6.42 Å². The van der Waals surface area contributed by atoms with E-state index in [9.17, 15) is 4.79 Å². The molecule has 2 aliphatic rings. The molecule has 2 aromatic rings. The van der Waals surface area contributed by atoms with Crippen molar-refractivity contribution >= 4 is 6.09 Å². The van der Waals surface area contributed by atoms with Gasteiger partial charge in [-0.2, -0.15) is 4.98 Å². The molecule has 0 unspecified atom stereocenters. The molecule has 0 aliphatic carbocycles. The Kier molecular flexibility index (Phi) is 6.60. The zero-order valence-corrected chi connectivity index (χ0v) is 18.9. The quantitative estimate of drug-likeness (QED) is 0.705. The molecule has 7 nitrogen and oxygen atoms in total. The molecule has 0 N–H and O–H groups in total. The molecule has 2 aliphatic heterocycles. The summed E-state index contributed by atoms with van der Waals surface area (Å²) in [6, 6.07) is 10.7. The van der Waals surface area contributed by atoms with Crippen molar-refractivity contribution in [3.8, 4) is 0 Å². The minimum atomic E-state index is -0.476. The smallest absolute Gasteiger partial charge is 0.410 e. The summed E-state index contributed by atoms with van der Waals surface area (Å²) in [7, 11) is 0. The minimum Gasteiger partial charge on any atom is -0.444 e. The maximum Gasteiger partial charge on any atom is 0.410 e. The molecule has 1 aromatic carbocycles. The van der Waals surface area contributed by atoms with Crippen LogP contribution in [0, 0.1) is 0 Å². The molecule has 168 valence electrons. The third-order valence-electron chi connectivity index (χ3n) is 6.09. The molecule has 0 spiro atoms. The lowest BCUT2D eigenvalue weighted by Gasteiger charge is -2.41. The van der Waals surface area contributed by atoms with Crippen molar-refractivity contribution in [3.05, 3.63) is 47.6 Å². The molecular weight excluding hydrogens is 392 g/mol. The van der Waals surface area contributed by atoms with E-state index in [4.69, 9.17) is 9.26 Å². The van der Waals surface area contributed by atoms with Crippen molar-refractivity contribution in [3.63, 3.8) is 0 Å². The van der Waals surface area contributed by atoms with Gasteiger partial charge in [-0.05, 0) is 58.6 Å². The Balaban J connectivity index is 1.42. The van der Waals surface area contributed by atoms with Gasteiger partial charge in [-0.15, -0.1) is 0 Å². The number of rotatable bonds is 5. The third kappa shape index (κ3) is 5.64. The summed E-state index contributed by atoms with van der Waals surface area (Å²) in [4.78, 5) is 21.8. The Morgan fingerprint density at radius 3 is 2.65 bits per heavy atom. The molecule has 1 amide bonds. The highest BCUT2D eigenvalue weighted by molar-refractivity contribution is 5.69. The Morgan fingerprint density at radius 1 is 1.10 bits per heavy atom. The molecule has 0 radical (unpaired) electrons. The van der Waals surface area contributed by atoms with Crippen LogP contribution in [0.25, 0.3) is 0 Å². The van der Waals surface area contributed by atoms with Gasteiger partial charge in [-0.3, -0.25) is 4.90 Å². The first kappa shape index (κ1) is 21.8. The van der Waals surface area contributed by atoms with Crippen molar-refractivity contribution in [2.45, 2.75) is 83.5 Å². The number of hydrogen-bond donors (Lipinski definition) is 0. The SMILES string of the molecule is CC(C)(C)OC(=O)N1CCC[C@H]1[C@@H]1CCCCN1Cc1noc(Cc2ccccc2)n1. The minimum absolute atomic E-state index is 0.186. The summed E-state index contributed by atoms with van der Waals surface area (Å²) in [5.41, 5.74) is 0.684. The van der Waals surface area contributed by atoms with Crippen molar-refractivity contribution in [1.82, 2.24) is 19.9 Å². The largest absolute Gasteiger partial charge is 0.444 e. The highest BCUT2D eigenvalue weighted by Gasteiger charge is 2.40. The van der Waals surface area contributed by atoms with E-state index in [0.717, 1.165) is 50.2 Å². The topological polar surface area (TPSA) is 71.7 Å². The second-order valence-electron chi connectivity index (χ2n) is 9.68. The second kappa shape index (κ2) is 9.39. The van der Waals surface area contributed by atoms with Crippen LogP contribution in [0.5, 0.6) is 0 Å². The molecule has 4 rings (SSSR count). The van der Waals surface area contributed by atoms with Crippen LogP contribution in [-0.4, -0.2) is 56.8 Å². The van der Waals surface area contributed by atoms with Crippen LogP contribution in [0.3, 0.4) is 0 Å². The Morgan fingerprint density at radius 2 is 1.87 bits per heavy atom.